The summed E-state index contributed by atoms with van der Waals surface area (Å²) in [5, 5.41) is 6.89. The van der Waals surface area contributed by atoms with Gasteiger partial charge in [-0.25, -0.2) is 5.43 Å². The van der Waals surface area contributed by atoms with E-state index < -0.39 is 11.8 Å². The van der Waals surface area contributed by atoms with E-state index in [0.29, 0.717) is 22.1 Å². The van der Waals surface area contributed by atoms with Crippen LogP contribution in [0.2, 0.25) is 10.0 Å². The van der Waals surface area contributed by atoms with Crippen LogP contribution in [0.4, 0.5) is 0 Å². The highest BCUT2D eigenvalue weighted by atomic mass is 35.5. The van der Waals surface area contributed by atoms with Gasteiger partial charge in [0.25, 0.3) is 11.8 Å². The lowest BCUT2D eigenvalue weighted by Gasteiger charge is -2.07. The lowest BCUT2D eigenvalue weighted by atomic mass is 10.2. The minimum atomic E-state index is -0.512. The fourth-order valence-corrected chi connectivity index (χ4v) is 2.45. The van der Waals surface area contributed by atoms with Crippen molar-refractivity contribution < 1.29 is 19.1 Å². The number of methoxy groups -OCH3 is 2. The summed E-state index contributed by atoms with van der Waals surface area (Å²) in [5.41, 5.74) is 3.20. The second-order valence-corrected chi connectivity index (χ2v) is 6.06. The predicted octanol–water partition coefficient (Wildman–Crippen LogP) is 2.89. The summed E-state index contributed by atoms with van der Waals surface area (Å²) in [7, 11) is 3.06. The zero-order chi connectivity index (χ0) is 19.8. The highest BCUT2D eigenvalue weighted by molar-refractivity contribution is 6.35. The average Bonchev–Trinajstić information content (AvgIpc) is 2.67. The molecule has 0 unspecified atom stereocenters. The fraction of sp³-hybridized carbons (Fsp3) is 0.167. The topological polar surface area (TPSA) is 89.0 Å². The first-order valence-electron chi connectivity index (χ1n) is 7.71. The summed E-state index contributed by atoms with van der Waals surface area (Å²) < 4.78 is 10.3. The summed E-state index contributed by atoms with van der Waals surface area (Å²) in [4.78, 5) is 23.9. The summed E-state index contributed by atoms with van der Waals surface area (Å²) in [6, 6.07) is 9.67. The van der Waals surface area contributed by atoms with Gasteiger partial charge in [0.2, 0.25) is 0 Å². The SMILES string of the molecule is COc1ccc(/C=N/NC(=O)CNC(=O)c2cc(Cl)ccc2Cl)cc1OC. The van der Waals surface area contributed by atoms with Gasteiger partial charge in [0.05, 0.1) is 37.6 Å². The Kier molecular flexibility index (Phi) is 7.45. The van der Waals surface area contributed by atoms with Crippen LogP contribution >= 0.6 is 23.2 Å². The first-order chi connectivity index (χ1) is 12.9. The van der Waals surface area contributed by atoms with E-state index in [2.05, 4.69) is 15.8 Å². The molecule has 2 amide bonds. The minimum absolute atomic E-state index is 0.186. The molecule has 0 saturated carbocycles. The Morgan fingerprint density at radius 1 is 1.07 bits per heavy atom. The zero-order valence-electron chi connectivity index (χ0n) is 14.6. The predicted molar refractivity (Wildman–Crippen MR) is 104 cm³/mol. The van der Waals surface area contributed by atoms with Crippen LogP contribution in [0, 0.1) is 0 Å². The molecule has 2 aromatic carbocycles. The number of nitrogens with zero attached hydrogens (tertiary/aromatic N) is 1. The van der Waals surface area contributed by atoms with Gasteiger partial charge in [-0.15, -0.1) is 0 Å². The van der Waals surface area contributed by atoms with Gasteiger partial charge in [0.15, 0.2) is 11.5 Å². The normalized spacial score (nSPS) is 10.5. The number of nitrogens with one attached hydrogen (secondary N) is 2. The molecule has 0 heterocycles. The molecule has 142 valence electrons. The third kappa shape index (κ3) is 5.87. The number of hydrazone groups is 1. The van der Waals surface area contributed by atoms with Gasteiger partial charge < -0.3 is 14.8 Å². The molecule has 2 aromatic rings. The average molecular weight is 410 g/mol. The van der Waals surface area contributed by atoms with E-state index in [1.54, 1.807) is 24.3 Å². The van der Waals surface area contributed by atoms with Crippen LogP contribution in [0.1, 0.15) is 15.9 Å². The van der Waals surface area contributed by atoms with E-state index in [0.717, 1.165) is 0 Å². The van der Waals surface area contributed by atoms with E-state index >= 15 is 0 Å². The summed E-state index contributed by atoms with van der Waals surface area (Å²) in [6.45, 7) is -0.273. The van der Waals surface area contributed by atoms with Gasteiger partial charge in [-0.05, 0) is 42.0 Å². The first kappa shape index (κ1) is 20.5. The molecule has 2 rings (SSSR count). The largest absolute Gasteiger partial charge is 0.493 e. The van der Waals surface area contributed by atoms with E-state index in [1.807, 2.05) is 0 Å². The monoisotopic (exact) mass is 409 g/mol. The molecule has 0 spiro atoms. The van der Waals surface area contributed by atoms with Crippen LogP contribution in [-0.4, -0.2) is 38.8 Å². The van der Waals surface area contributed by atoms with Crippen LogP contribution in [0.5, 0.6) is 11.5 Å². The Labute approximate surface area is 166 Å². The van der Waals surface area contributed by atoms with Crippen molar-refractivity contribution in [2.45, 2.75) is 0 Å². The Hall–Kier alpha value is -2.77. The van der Waals surface area contributed by atoms with Gasteiger partial charge in [-0.2, -0.15) is 5.10 Å². The van der Waals surface area contributed by atoms with Gasteiger partial charge in [0.1, 0.15) is 0 Å². The van der Waals surface area contributed by atoms with Crippen LogP contribution in [0.25, 0.3) is 0 Å². The maximum absolute atomic E-state index is 12.1. The van der Waals surface area contributed by atoms with Crippen molar-refractivity contribution in [2.24, 2.45) is 5.10 Å². The standard InChI is InChI=1S/C18H17Cl2N3O4/c1-26-15-6-3-11(7-16(15)27-2)9-22-23-17(24)10-21-18(25)13-8-12(19)4-5-14(13)20/h3-9H,10H2,1-2H3,(H,21,25)(H,23,24)/b22-9+. The Morgan fingerprint density at radius 2 is 1.81 bits per heavy atom. The second-order valence-electron chi connectivity index (χ2n) is 5.21. The second kappa shape index (κ2) is 9.80. The Morgan fingerprint density at radius 3 is 2.52 bits per heavy atom. The van der Waals surface area contributed by atoms with E-state index in [1.165, 1.54) is 32.6 Å². The van der Waals surface area contributed by atoms with E-state index in [-0.39, 0.29) is 17.1 Å². The molecule has 7 nitrogen and oxygen atoms in total. The smallest absolute Gasteiger partial charge is 0.259 e. The van der Waals surface area contributed by atoms with Crippen LogP contribution in [0.3, 0.4) is 0 Å². The number of halogens is 2. The van der Waals surface area contributed by atoms with Gasteiger partial charge in [0, 0.05) is 5.02 Å². The summed E-state index contributed by atoms with van der Waals surface area (Å²) in [5.74, 6) is 0.110. The molecule has 27 heavy (non-hydrogen) atoms. The number of amides is 2. The van der Waals surface area contributed by atoms with Crippen LogP contribution in [-0.2, 0) is 4.79 Å². The maximum atomic E-state index is 12.1. The van der Waals surface area contributed by atoms with Crippen LogP contribution in [0.15, 0.2) is 41.5 Å². The number of benzene rings is 2. The summed E-state index contributed by atoms with van der Waals surface area (Å²) in [6.07, 6.45) is 1.44. The van der Waals surface area contributed by atoms with Crippen molar-refractivity contribution in [3.63, 3.8) is 0 Å². The third-order valence-electron chi connectivity index (χ3n) is 3.39. The van der Waals surface area contributed by atoms with Gasteiger partial charge >= 0.3 is 0 Å². The number of hydrogen-bond acceptors (Lipinski definition) is 5. The molecule has 9 heteroatoms. The lowest BCUT2D eigenvalue weighted by Crippen LogP contribution is -2.35. The van der Waals surface area contributed by atoms with Crippen molar-refractivity contribution >= 4 is 41.2 Å². The molecule has 0 saturated heterocycles. The quantitative estimate of drug-likeness (QED) is 0.543. The molecule has 0 radical (unpaired) electrons. The highest BCUT2D eigenvalue weighted by Gasteiger charge is 2.12. The van der Waals surface area contributed by atoms with Crippen molar-refractivity contribution in [1.82, 2.24) is 10.7 Å². The number of ether oxygens (including phenoxy) is 2. The van der Waals surface area contributed by atoms with Gasteiger partial charge in [-0.1, -0.05) is 23.2 Å². The lowest BCUT2D eigenvalue weighted by molar-refractivity contribution is -0.120. The molecule has 0 aliphatic rings. The molecular formula is C18H17Cl2N3O4. The third-order valence-corrected chi connectivity index (χ3v) is 3.96. The molecule has 0 aliphatic heterocycles. The minimum Gasteiger partial charge on any atom is -0.493 e. The molecule has 0 atom stereocenters. The molecule has 2 N–H and O–H groups in total. The first-order valence-corrected chi connectivity index (χ1v) is 8.47. The number of carbonyl (C=O) groups is 2. The van der Waals surface area contributed by atoms with E-state index in [9.17, 15) is 9.59 Å². The van der Waals surface area contributed by atoms with Crippen LogP contribution < -0.4 is 20.2 Å². The zero-order valence-corrected chi connectivity index (χ0v) is 16.1. The Bertz CT molecular complexity index is 872. The van der Waals surface area contributed by atoms with Gasteiger partial charge in [-0.3, -0.25) is 9.59 Å². The summed E-state index contributed by atoms with van der Waals surface area (Å²) >= 11 is 11.8. The molecule has 0 bridgehead atoms. The van der Waals surface area contributed by atoms with Crippen molar-refractivity contribution in [1.29, 1.82) is 0 Å². The fourth-order valence-electron chi connectivity index (χ4n) is 2.08. The van der Waals surface area contributed by atoms with Crippen molar-refractivity contribution in [2.75, 3.05) is 20.8 Å². The Balaban J connectivity index is 1.88. The highest BCUT2D eigenvalue weighted by Crippen LogP contribution is 2.26. The molecule has 0 aliphatic carbocycles. The van der Waals surface area contributed by atoms with Crippen molar-refractivity contribution in [3.05, 3.63) is 57.6 Å². The molecule has 0 fully saturated rings. The molecule has 0 aromatic heterocycles. The van der Waals surface area contributed by atoms with Crippen molar-refractivity contribution in [3.8, 4) is 11.5 Å². The number of hydrogen-bond donors (Lipinski definition) is 2. The van der Waals surface area contributed by atoms with E-state index in [4.69, 9.17) is 32.7 Å². The maximum Gasteiger partial charge on any atom is 0.259 e. The number of rotatable bonds is 7. The molecular weight excluding hydrogens is 393 g/mol. The number of carbonyl (C=O) groups excluding carboxylic acids is 2.